The van der Waals surface area contributed by atoms with E-state index in [9.17, 15) is 4.79 Å². The second-order valence-corrected chi connectivity index (χ2v) is 6.46. The highest BCUT2D eigenvalue weighted by atomic mass is 35.5. The summed E-state index contributed by atoms with van der Waals surface area (Å²) in [4.78, 5) is 15.0. The number of nitrogens with zero attached hydrogens (tertiary/aromatic N) is 1. The number of piperazine rings is 1. The van der Waals surface area contributed by atoms with E-state index in [1.807, 2.05) is 18.2 Å². The summed E-state index contributed by atoms with van der Waals surface area (Å²) in [5.41, 5.74) is 2.36. The van der Waals surface area contributed by atoms with Crippen LogP contribution >= 0.6 is 11.6 Å². The van der Waals surface area contributed by atoms with Gasteiger partial charge in [0.2, 0.25) is 0 Å². The lowest BCUT2D eigenvalue weighted by Crippen LogP contribution is -2.42. The molecule has 3 rings (SSSR count). The van der Waals surface area contributed by atoms with E-state index in [4.69, 9.17) is 16.3 Å². The molecule has 6 heteroatoms. The number of rotatable bonds is 5. The molecule has 1 amide bonds. The Labute approximate surface area is 152 Å². The van der Waals surface area contributed by atoms with Crippen LogP contribution < -0.4 is 15.4 Å². The van der Waals surface area contributed by atoms with Crippen LogP contribution in [0.15, 0.2) is 42.5 Å². The molecule has 2 N–H and O–H groups in total. The van der Waals surface area contributed by atoms with E-state index in [0.717, 1.165) is 38.4 Å². The lowest BCUT2D eigenvalue weighted by molar-refractivity contribution is 0.102. The van der Waals surface area contributed by atoms with Crippen molar-refractivity contribution >= 4 is 23.2 Å². The van der Waals surface area contributed by atoms with Gasteiger partial charge < -0.3 is 15.4 Å². The Morgan fingerprint density at radius 3 is 2.80 bits per heavy atom. The highest BCUT2D eigenvalue weighted by Gasteiger charge is 2.14. The molecule has 0 saturated carbocycles. The van der Waals surface area contributed by atoms with Gasteiger partial charge in [-0.2, -0.15) is 0 Å². The third-order valence-corrected chi connectivity index (χ3v) is 4.44. The molecule has 2 aromatic rings. The number of benzene rings is 2. The predicted molar refractivity (Wildman–Crippen MR) is 101 cm³/mol. The number of carbonyl (C=O) groups is 1. The monoisotopic (exact) mass is 359 g/mol. The Morgan fingerprint density at radius 1 is 1.24 bits per heavy atom. The topological polar surface area (TPSA) is 53.6 Å². The lowest BCUT2D eigenvalue weighted by Gasteiger charge is -2.27. The van der Waals surface area contributed by atoms with E-state index < -0.39 is 0 Å². The van der Waals surface area contributed by atoms with Gasteiger partial charge in [0, 0.05) is 43.4 Å². The van der Waals surface area contributed by atoms with E-state index >= 15 is 0 Å². The molecule has 25 heavy (non-hydrogen) atoms. The molecule has 1 saturated heterocycles. The molecule has 0 radical (unpaired) electrons. The van der Waals surface area contributed by atoms with Crippen molar-refractivity contribution in [2.45, 2.75) is 6.54 Å². The highest BCUT2D eigenvalue weighted by Crippen LogP contribution is 2.24. The second-order valence-electron chi connectivity index (χ2n) is 6.03. The average molecular weight is 360 g/mol. The van der Waals surface area contributed by atoms with Gasteiger partial charge in [0.1, 0.15) is 5.75 Å². The van der Waals surface area contributed by atoms with Crippen molar-refractivity contribution < 1.29 is 9.53 Å². The maximum absolute atomic E-state index is 12.6. The lowest BCUT2D eigenvalue weighted by atomic mass is 10.1. The number of carbonyl (C=O) groups excluding carboxylic acids is 1. The summed E-state index contributed by atoms with van der Waals surface area (Å²) in [6.07, 6.45) is 0. The fourth-order valence-electron chi connectivity index (χ4n) is 2.93. The molecule has 0 aromatic heterocycles. The van der Waals surface area contributed by atoms with E-state index in [2.05, 4.69) is 21.6 Å². The van der Waals surface area contributed by atoms with Crippen LogP contribution in [0, 0.1) is 0 Å². The molecule has 5 nitrogen and oxygen atoms in total. The Morgan fingerprint density at radius 2 is 2.04 bits per heavy atom. The normalized spacial score (nSPS) is 15.0. The second kappa shape index (κ2) is 8.34. The Kier molecular flexibility index (Phi) is 5.91. The minimum absolute atomic E-state index is 0.237. The van der Waals surface area contributed by atoms with Crippen LogP contribution in [0.25, 0.3) is 0 Å². The van der Waals surface area contributed by atoms with Crippen LogP contribution in [0.5, 0.6) is 5.75 Å². The number of halogens is 1. The van der Waals surface area contributed by atoms with Gasteiger partial charge in [-0.05, 0) is 35.9 Å². The molecule has 1 fully saturated rings. The molecular weight excluding hydrogens is 338 g/mol. The first-order valence-corrected chi connectivity index (χ1v) is 8.70. The van der Waals surface area contributed by atoms with E-state index in [0.29, 0.717) is 16.3 Å². The zero-order valence-electron chi connectivity index (χ0n) is 14.2. The maximum atomic E-state index is 12.6. The summed E-state index contributed by atoms with van der Waals surface area (Å²) in [6, 6.07) is 12.9. The first kappa shape index (κ1) is 17.7. The fourth-order valence-corrected chi connectivity index (χ4v) is 3.10. The van der Waals surface area contributed by atoms with Crippen molar-refractivity contribution in [3.8, 4) is 5.75 Å². The molecule has 0 bridgehead atoms. The summed E-state index contributed by atoms with van der Waals surface area (Å²) in [5.74, 6) is 0.262. The van der Waals surface area contributed by atoms with Crippen LogP contribution in [-0.2, 0) is 6.54 Å². The average Bonchev–Trinajstić information content (AvgIpc) is 2.63. The van der Waals surface area contributed by atoms with Crippen LogP contribution in [0.4, 0.5) is 5.69 Å². The third-order valence-electron chi connectivity index (χ3n) is 4.21. The highest BCUT2D eigenvalue weighted by molar-refractivity contribution is 6.31. The number of amides is 1. The first-order chi connectivity index (χ1) is 12.2. The predicted octanol–water partition coefficient (Wildman–Crippen LogP) is 3.01. The molecule has 1 heterocycles. The molecule has 1 aliphatic rings. The summed E-state index contributed by atoms with van der Waals surface area (Å²) >= 11 is 6.01. The van der Waals surface area contributed by atoms with E-state index in [1.165, 1.54) is 12.7 Å². The molecule has 0 unspecified atom stereocenters. The number of hydrogen-bond acceptors (Lipinski definition) is 4. The zero-order chi connectivity index (χ0) is 17.6. The molecule has 1 aliphatic heterocycles. The largest absolute Gasteiger partial charge is 0.496 e. The van der Waals surface area contributed by atoms with Crippen LogP contribution in [-0.4, -0.2) is 44.1 Å². The number of anilines is 1. The van der Waals surface area contributed by atoms with Gasteiger partial charge >= 0.3 is 0 Å². The standard InChI is InChI=1S/C19H22ClN3O2/c1-25-18-6-5-15(20)12-17(18)19(24)22-16-4-2-3-14(11-16)13-23-9-7-21-8-10-23/h2-6,11-12,21H,7-10,13H2,1H3,(H,22,24). The SMILES string of the molecule is COc1ccc(Cl)cc1C(=O)Nc1cccc(CN2CCNCC2)c1. The first-order valence-electron chi connectivity index (χ1n) is 8.32. The van der Waals surface area contributed by atoms with Crippen molar-refractivity contribution in [3.63, 3.8) is 0 Å². The minimum Gasteiger partial charge on any atom is -0.496 e. The smallest absolute Gasteiger partial charge is 0.259 e. The minimum atomic E-state index is -0.237. The Hall–Kier alpha value is -2.08. The molecule has 0 atom stereocenters. The van der Waals surface area contributed by atoms with Crippen molar-refractivity contribution in [2.24, 2.45) is 0 Å². The van der Waals surface area contributed by atoms with Crippen molar-refractivity contribution in [2.75, 3.05) is 38.6 Å². The van der Waals surface area contributed by atoms with Gasteiger partial charge in [-0.15, -0.1) is 0 Å². The number of ether oxygens (including phenoxy) is 1. The van der Waals surface area contributed by atoms with Crippen molar-refractivity contribution in [1.82, 2.24) is 10.2 Å². The van der Waals surface area contributed by atoms with Gasteiger partial charge in [0.05, 0.1) is 12.7 Å². The van der Waals surface area contributed by atoms with Crippen molar-refractivity contribution in [3.05, 3.63) is 58.6 Å². The molecule has 132 valence electrons. The van der Waals surface area contributed by atoms with E-state index in [-0.39, 0.29) is 5.91 Å². The maximum Gasteiger partial charge on any atom is 0.259 e. The quantitative estimate of drug-likeness (QED) is 0.861. The van der Waals surface area contributed by atoms with Crippen LogP contribution in [0.2, 0.25) is 5.02 Å². The molecular formula is C19H22ClN3O2. The number of hydrogen-bond donors (Lipinski definition) is 2. The summed E-state index contributed by atoms with van der Waals surface area (Å²) < 4.78 is 5.25. The van der Waals surface area contributed by atoms with Gasteiger partial charge in [0.15, 0.2) is 0 Å². The van der Waals surface area contributed by atoms with Gasteiger partial charge in [-0.25, -0.2) is 0 Å². The Balaban J connectivity index is 1.71. The number of methoxy groups -OCH3 is 1. The van der Waals surface area contributed by atoms with E-state index in [1.54, 1.807) is 18.2 Å². The third kappa shape index (κ3) is 4.72. The van der Waals surface area contributed by atoms with Gasteiger partial charge in [0.25, 0.3) is 5.91 Å². The Bertz CT molecular complexity index is 745. The fraction of sp³-hybridized carbons (Fsp3) is 0.316. The molecule has 2 aromatic carbocycles. The zero-order valence-corrected chi connectivity index (χ0v) is 15.0. The van der Waals surface area contributed by atoms with Gasteiger partial charge in [-0.3, -0.25) is 9.69 Å². The summed E-state index contributed by atoms with van der Waals surface area (Å²) in [6.45, 7) is 4.99. The van der Waals surface area contributed by atoms with Crippen molar-refractivity contribution in [1.29, 1.82) is 0 Å². The summed E-state index contributed by atoms with van der Waals surface area (Å²) in [5, 5.41) is 6.78. The molecule has 0 aliphatic carbocycles. The summed E-state index contributed by atoms with van der Waals surface area (Å²) in [7, 11) is 1.54. The van der Waals surface area contributed by atoms with Crippen LogP contribution in [0.3, 0.4) is 0 Å². The van der Waals surface area contributed by atoms with Crippen LogP contribution in [0.1, 0.15) is 15.9 Å². The number of nitrogens with one attached hydrogen (secondary N) is 2. The van der Waals surface area contributed by atoms with Gasteiger partial charge in [-0.1, -0.05) is 23.7 Å². The molecule has 0 spiro atoms.